The van der Waals surface area contributed by atoms with Gasteiger partial charge in [0.05, 0.1) is 22.5 Å². The van der Waals surface area contributed by atoms with Crippen LogP contribution in [0.4, 0.5) is 0 Å². The van der Waals surface area contributed by atoms with Crippen molar-refractivity contribution in [3.05, 3.63) is 52.2 Å². The Bertz CT molecular complexity index is 773. The summed E-state index contributed by atoms with van der Waals surface area (Å²) in [5.41, 5.74) is 0.0860. The van der Waals surface area contributed by atoms with Gasteiger partial charge in [-0.05, 0) is 42.9 Å². The molecule has 0 bridgehead atoms. The highest BCUT2D eigenvalue weighted by molar-refractivity contribution is 7.88. The summed E-state index contributed by atoms with van der Waals surface area (Å²) in [6.45, 7) is 0.542. The van der Waals surface area contributed by atoms with Crippen LogP contribution in [0.2, 0.25) is 0 Å². The Kier molecular flexibility index (Phi) is 5.12. The van der Waals surface area contributed by atoms with Crippen LogP contribution in [0, 0.1) is 0 Å². The fourth-order valence-corrected chi connectivity index (χ4v) is 2.60. The highest BCUT2D eigenvalue weighted by Gasteiger charge is 2.03. The summed E-state index contributed by atoms with van der Waals surface area (Å²) in [4.78, 5) is 15.5. The van der Waals surface area contributed by atoms with E-state index in [0.29, 0.717) is 23.4 Å². The first kappa shape index (κ1) is 14.5. The lowest BCUT2D eigenvalue weighted by molar-refractivity contribution is 0.561. The molecule has 6 heteroatoms. The second kappa shape index (κ2) is 7.05. The van der Waals surface area contributed by atoms with E-state index in [2.05, 4.69) is 22.4 Å². The number of hydrogen-bond acceptors (Lipinski definition) is 5. The molecule has 1 heterocycles. The van der Waals surface area contributed by atoms with Gasteiger partial charge in [0.25, 0.3) is 0 Å². The summed E-state index contributed by atoms with van der Waals surface area (Å²) in [5, 5.41) is 4.63. The third-order valence-electron chi connectivity index (χ3n) is 2.52. The molecule has 0 saturated carbocycles. The smallest absolute Gasteiger partial charge is 0.336 e. The van der Waals surface area contributed by atoms with Crippen LogP contribution in [0.25, 0.3) is 11.0 Å². The number of benzene rings is 1. The standard InChI is InChI=1S/C14H11NO3S2/c16-14-6-3-11-9-12(4-5-13(11)18-14)20(17)8-2-1-7-15-10-19/h2-6,8-9H,1,7H2. The van der Waals surface area contributed by atoms with Crippen molar-refractivity contribution in [2.24, 2.45) is 4.99 Å². The first-order valence-corrected chi connectivity index (χ1v) is 7.47. The van der Waals surface area contributed by atoms with Gasteiger partial charge in [-0.25, -0.2) is 14.0 Å². The van der Waals surface area contributed by atoms with Gasteiger partial charge < -0.3 is 4.42 Å². The van der Waals surface area contributed by atoms with Gasteiger partial charge in [0.15, 0.2) is 0 Å². The van der Waals surface area contributed by atoms with Gasteiger partial charge in [-0.1, -0.05) is 6.08 Å². The average Bonchev–Trinajstić information content (AvgIpc) is 2.46. The molecule has 0 aliphatic heterocycles. The van der Waals surface area contributed by atoms with Crippen LogP contribution in [0.1, 0.15) is 6.42 Å². The average molecular weight is 305 g/mol. The fourth-order valence-electron chi connectivity index (χ4n) is 1.59. The summed E-state index contributed by atoms with van der Waals surface area (Å²) in [5.74, 6) is 0. The van der Waals surface area contributed by atoms with Crippen molar-refractivity contribution < 1.29 is 8.63 Å². The van der Waals surface area contributed by atoms with Gasteiger partial charge >= 0.3 is 5.63 Å². The minimum Gasteiger partial charge on any atom is -0.423 e. The van der Waals surface area contributed by atoms with Crippen molar-refractivity contribution in [3.8, 4) is 0 Å². The molecule has 0 N–H and O–H groups in total. The van der Waals surface area contributed by atoms with E-state index < -0.39 is 16.4 Å². The zero-order valence-corrected chi connectivity index (χ0v) is 12.1. The number of isothiocyanates is 1. The van der Waals surface area contributed by atoms with Crippen molar-refractivity contribution in [3.63, 3.8) is 0 Å². The Labute approximate surface area is 123 Å². The minimum atomic E-state index is -1.24. The van der Waals surface area contributed by atoms with Crippen molar-refractivity contribution in [1.82, 2.24) is 0 Å². The van der Waals surface area contributed by atoms with Crippen LogP contribution in [-0.4, -0.2) is 15.9 Å². The number of nitrogens with zero attached hydrogens (tertiary/aromatic N) is 1. The Morgan fingerprint density at radius 3 is 3.00 bits per heavy atom. The number of hydrogen-bond donors (Lipinski definition) is 0. The Balaban J connectivity index is 2.16. The summed E-state index contributed by atoms with van der Waals surface area (Å²) in [7, 11) is -1.24. The van der Waals surface area contributed by atoms with Crippen LogP contribution in [-0.2, 0) is 10.8 Å². The molecular weight excluding hydrogens is 294 g/mol. The molecule has 1 unspecified atom stereocenters. The van der Waals surface area contributed by atoms with E-state index >= 15 is 0 Å². The van der Waals surface area contributed by atoms with Gasteiger partial charge in [-0.2, -0.15) is 0 Å². The lowest BCUT2D eigenvalue weighted by Crippen LogP contribution is -1.95. The third-order valence-corrected chi connectivity index (χ3v) is 3.80. The molecule has 0 fully saturated rings. The molecule has 20 heavy (non-hydrogen) atoms. The summed E-state index contributed by atoms with van der Waals surface area (Å²) in [6, 6.07) is 8.07. The SMILES string of the molecule is O=c1ccc2cc(S(=O)C=CCCN=C=S)ccc2o1. The predicted octanol–water partition coefficient (Wildman–Crippen LogP) is 2.91. The highest BCUT2D eigenvalue weighted by atomic mass is 32.2. The van der Waals surface area contributed by atoms with Crippen LogP contribution >= 0.6 is 12.2 Å². The molecular formula is C14H11NO3S2. The molecule has 0 aliphatic rings. The largest absolute Gasteiger partial charge is 0.423 e. The summed E-state index contributed by atoms with van der Waals surface area (Å²) < 4.78 is 17.1. The fraction of sp³-hybridized carbons (Fsp3) is 0.143. The van der Waals surface area contributed by atoms with E-state index in [1.807, 2.05) is 0 Å². The first-order chi connectivity index (χ1) is 9.70. The maximum absolute atomic E-state index is 12.1. The predicted molar refractivity (Wildman–Crippen MR) is 82.5 cm³/mol. The molecule has 1 aromatic carbocycles. The lowest BCUT2D eigenvalue weighted by Gasteiger charge is -1.99. The Hall–Kier alpha value is -1.88. The molecule has 0 radical (unpaired) electrons. The topological polar surface area (TPSA) is 59.6 Å². The van der Waals surface area contributed by atoms with Gasteiger partial charge in [-0.15, -0.1) is 0 Å². The molecule has 1 aromatic heterocycles. The van der Waals surface area contributed by atoms with Crippen molar-refractivity contribution in [2.45, 2.75) is 11.3 Å². The highest BCUT2D eigenvalue weighted by Crippen LogP contribution is 2.17. The Morgan fingerprint density at radius 1 is 1.35 bits per heavy atom. The number of rotatable bonds is 5. The summed E-state index contributed by atoms with van der Waals surface area (Å²) >= 11 is 4.45. The monoisotopic (exact) mass is 305 g/mol. The minimum absolute atomic E-state index is 0.398. The molecule has 0 spiro atoms. The zero-order chi connectivity index (χ0) is 14.4. The first-order valence-electron chi connectivity index (χ1n) is 5.85. The van der Waals surface area contributed by atoms with Gasteiger partial charge in [0.1, 0.15) is 5.58 Å². The molecule has 0 aliphatic carbocycles. The van der Waals surface area contributed by atoms with Gasteiger partial charge in [0, 0.05) is 21.8 Å². The number of aliphatic imine (C=N–C) groups is 1. The van der Waals surface area contributed by atoms with Crippen molar-refractivity contribution >= 4 is 39.1 Å². The second-order valence-corrected chi connectivity index (χ2v) is 5.41. The van der Waals surface area contributed by atoms with E-state index in [4.69, 9.17) is 4.42 Å². The normalized spacial score (nSPS) is 12.4. The molecule has 1 atom stereocenters. The number of fused-ring (bicyclic) bond motifs is 1. The maximum atomic E-state index is 12.1. The van der Waals surface area contributed by atoms with Gasteiger partial charge in [-0.3, -0.25) is 0 Å². The molecule has 0 saturated heterocycles. The molecule has 102 valence electrons. The van der Waals surface area contributed by atoms with E-state index in [1.54, 1.807) is 35.7 Å². The lowest BCUT2D eigenvalue weighted by atomic mass is 10.2. The van der Waals surface area contributed by atoms with Crippen LogP contribution < -0.4 is 5.63 Å². The second-order valence-electron chi connectivity index (χ2n) is 3.88. The Morgan fingerprint density at radius 2 is 2.20 bits per heavy atom. The van der Waals surface area contributed by atoms with Gasteiger partial charge in [0.2, 0.25) is 0 Å². The van der Waals surface area contributed by atoms with E-state index in [-0.39, 0.29) is 0 Å². The van der Waals surface area contributed by atoms with E-state index in [1.165, 1.54) is 6.07 Å². The van der Waals surface area contributed by atoms with Crippen LogP contribution in [0.5, 0.6) is 0 Å². The van der Waals surface area contributed by atoms with E-state index in [0.717, 1.165) is 5.39 Å². The van der Waals surface area contributed by atoms with Crippen molar-refractivity contribution in [2.75, 3.05) is 6.54 Å². The quantitative estimate of drug-likeness (QED) is 0.369. The number of thiocarbonyl (C=S) groups is 1. The zero-order valence-electron chi connectivity index (χ0n) is 10.4. The molecule has 2 aromatic rings. The third kappa shape index (κ3) is 3.81. The van der Waals surface area contributed by atoms with Crippen molar-refractivity contribution in [1.29, 1.82) is 0 Å². The van der Waals surface area contributed by atoms with E-state index in [9.17, 15) is 9.00 Å². The molecule has 2 rings (SSSR count). The van der Waals surface area contributed by atoms with Crippen LogP contribution in [0.15, 0.2) is 60.9 Å². The molecule has 4 nitrogen and oxygen atoms in total. The maximum Gasteiger partial charge on any atom is 0.336 e. The van der Waals surface area contributed by atoms with Crippen LogP contribution in [0.3, 0.4) is 0 Å². The molecule has 0 amide bonds. The summed E-state index contributed by atoms with van der Waals surface area (Å²) in [6.07, 6.45) is 2.46.